The molecular formula is C14H19ClN5O2-. The van der Waals surface area contributed by atoms with Crippen molar-refractivity contribution in [2.24, 2.45) is 0 Å². The summed E-state index contributed by atoms with van der Waals surface area (Å²) in [7, 11) is 0. The van der Waals surface area contributed by atoms with E-state index in [1.165, 1.54) is 11.1 Å². The highest BCUT2D eigenvalue weighted by atomic mass is 35.5. The van der Waals surface area contributed by atoms with E-state index in [1.54, 1.807) is 0 Å². The first kappa shape index (κ1) is 17.9. The number of nitrogens with one attached hydrogen (secondary N) is 2. The van der Waals surface area contributed by atoms with Gasteiger partial charge in [0.25, 0.3) is 5.91 Å². The highest BCUT2D eigenvalue weighted by Gasteiger charge is 2.14. The Morgan fingerprint density at radius 3 is 2.45 bits per heavy atom. The van der Waals surface area contributed by atoms with Gasteiger partial charge in [0.15, 0.2) is 0 Å². The van der Waals surface area contributed by atoms with Crippen LogP contribution in [-0.2, 0) is 13.0 Å². The summed E-state index contributed by atoms with van der Waals surface area (Å²) >= 11 is 0. The molecule has 1 heterocycles. The number of aryl methyl sites for hydroxylation is 1. The fourth-order valence-corrected chi connectivity index (χ4v) is 1.83. The van der Waals surface area contributed by atoms with Crippen LogP contribution in [0.15, 0.2) is 28.9 Å². The maximum absolute atomic E-state index is 11.6. The van der Waals surface area contributed by atoms with Gasteiger partial charge in [-0.05, 0) is 27.9 Å². The Morgan fingerprint density at radius 2 is 1.86 bits per heavy atom. The number of anilines is 1. The molecule has 0 spiro atoms. The van der Waals surface area contributed by atoms with Crippen LogP contribution < -0.4 is 28.8 Å². The van der Waals surface area contributed by atoms with Gasteiger partial charge in [-0.1, -0.05) is 31.2 Å². The van der Waals surface area contributed by atoms with Crippen molar-refractivity contribution >= 4 is 11.7 Å². The number of nitrogens with zero attached hydrogens (tertiary/aromatic N) is 2. The fraction of sp³-hybridized carbons (Fsp3) is 0.357. The van der Waals surface area contributed by atoms with Crippen LogP contribution in [0.5, 0.6) is 0 Å². The number of hydrogen-bond donors (Lipinski definition) is 3. The summed E-state index contributed by atoms with van der Waals surface area (Å²) in [5, 5.41) is 12.7. The molecule has 1 aromatic heterocycles. The first-order chi connectivity index (χ1) is 10.2. The van der Waals surface area contributed by atoms with Gasteiger partial charge in [-0.3, -0.25) is 4.79 Å². The third-order valence-corrected chi connectivity index (χ3v) is 3.08. The summed E-state index contributed by atoms with van der Waals surface area (Å²) in [6.07, 6.45) is 1.04. The number of carbonyl (C=O) groups excluding carboxylic acids is 1. The standard InChI is InChI=1S/C14H19N5O2.ClH/c1-2-10-3-5-11(6-4-10)9-16-7-8-17-14(20)12-13(15)19-21-18-12;/h3-6,16H,2,7-9H2,1H3,(H2,15,19)(H,17,20);1H/p-1. The van der Waals surface area contributed by atoms with Gasteiger partial charge >= 0.3 is 0 Å². The molecule has 0 aliphatic heterocycles. The van der Waals surface area contributed by atoms with Crippen molar-refractivity contribution < 1.29 is 21.8 Å². The molecule has 8 heteroatoms. The summed E-state index contributed by atoms with van der Waals surface area (Å²) in [5.74, 6) is -0.390. The zero-order valence-corrected chi connectivity index (χ0v) is 13.1. The lowest BCUT2D eigenvalue weighted by atomic mass is 10.1. The Balaban J connectivity index is 0.00000242. The predicted molar refractivity (Wildman–Crippen MR) is 78.6 cm³/mol. The van der Waals surface area contributed by atoms with Crippen molar-refractivity contribution in [1.82, 2.24) is 20.9 Å². The fourth-order valence-electron chi connectivity index (χ4n) is 1.83. The molecule has 1 amide bonds. The van der Waals surface area contributed by atoms with E-state index < -0.39 is 0 Å². The van der Waals surface area contributed by atoms with Crippen LogP contribution in [0.4, 0.5) is 5.82 Å². The quantitative estimate of drug-likeness (QED) is 0.496. The van der Waals surface area contributed by atoms with E-state index in [1.807, 2.05) is 0 Å². The van der Waals surface area contributed by atoms with E-state index in [4.69, 9.17) is 5.73 Å². The first-order valence-electron chi connectivity index (χ1n) is 6.85. The molecule has 2 rings (SSSR count). The number of rotatable bonds is 7. The van der Waals surface area contributed by atoms with E-state index in [-0.39, 0.29) is 29.8 Å². The van der Waals surface area contributed by atoms with E-state index in [9.17, 15) is 4.79 Å². The van der Waals surface area contributed by atoms with E-state index >= 15 is 0 Å². The third kappa shape index (κ3) is 5.01. The molecule has 0 fully saturated rings. The Morgan fingerprint density at radius 1 is 1.18 bits per heavy atom. The molecule has 1 aromatic carbocycles. The Labute approximate surface area is 135 Å². The monoisotopic (exact) mass is 324 g/mol. The second-order valence-corrected chi connectivity index (χ2v) is 4.60. The number of aromatic nitrogens is 2. The lowest BCUT2D eigenvalue weighted by molar-refractivity contribution is -0.0000133. The second kappa shape index (κ2) is 9.01. The summed E-state index contributed by atoms with van der Waals surface area (Å²) in [5.41, 5.74) is 7.98. The summed E-state index contributed by atoms with van der Waals surface area (Å²) in [4.78, 5) is 11.6. The van der Waals surface area contributed by atoms with Crippen molar-refractivity contribution in [1.29, 1.82) is 0 Å². The molecule has 0 aliphatic rings. The zero-order chi connectivity index (χ0) is 15.1. The molecule has 7 nitrogen and oxygen atoms in total. The van der Waals surface area contributed by atoms with Gasteiger partial charge in [0, 0.05) is 19.6 Å². The van der Waals surface area contributed by atoms with Crippen LogP contribution in [0.3, 0.4) is 0 Å². The molecule has 0 saturated carbocycles. The molecule has 0 unspecified atom stereocenters. The minimum atomic E-state index is -0.386. The molecule has 22 heavy (non-hydrogen) atoms. The number of nitrogen functional groups attached to an aromatic ring is 1. The number of benzene rings is 1. The molecule has 0 radical (unpaired) electrons. The van der Waals surface area contributed by atoms with Gasteiger partial charge < -0.3 is 28.8 Å². The predicted octanol–water partition coefficient (Wildman–Crippen LogP) is -2.26. The van der Waals surface area contributed by atoms with Crippen molar-refractivity contribution in [2.45, 2.75) is 19.9 Å². The third-order valence-electron chi connectivity index (χ3n) is 3.08. The molecule has 4 N–H and O–H groups in total. The van der Waals surface area contributed by atoms with Crippen molar-refractivity contribution in [3.8, 4) is 0 Å². The largest absolute Gasteiger partial charge is 1.00 e. The maximum atomic E-state index is 11.6. The van der Waals surface area contributed by atoms with Gasteiger partial charge in [-0.15, -0.1) is 0 Å². The van der Waals surface area contributed by atoms with Crippen LogP contribution in [0.25, 0.3) is 0 Å². The average molecular weight is 325 g/mol. The molecule has 0 bridgehead atoms. The number of amides is 1. The van der Waals surface area contributed by atoms with Crippen molar-refractivity contribution in [3.05, 3.63) is 41.1 Å². The summed E-state index contributed by atoms with van der Waals surface area (Å²) in [6.45, 7) is 4.01. The van der Waals surface area contributed by atoms with Gasteiger partial charge in [0.1, 0.15) is 0 Å². The van der Waals surface area contributed by atoms with Crippen LogP contribution in [-0.4, -0.2) is 29.3 Å². The smallest absolute Gasteiger partial charge is 0.277 e. The number of carbonyl (C=O) groups is 1. The van der Waals surface area contributed by atoms with Gasteiger partial charge in [-0.2, -0.15) is 0 Å². The lowest BCUT2D eigenvalue weighted by Crippen LogP contribution is -3.00. The molecule has 120 valence electrons. The van der Waals surface area contributed by atoms with Gasteiger partial charge in [0.2, 0.25) is 11.5 Å². The lowest BCUT2D eigenvalue weighted by Gasteiger charge is -2.06. The Hall–Kier alpha value is -2.12. The minimum absolute atomic E-state index is 0. The van der Waals surface area contributed by atoms with Crippen molar-refractivity contribution in [3.63, 3.8) is 0 Å². The maximum Gasteiger partial charge on any atom is 0.277 e. The molecular weight excluding hydrogens is 306 g/mol. The Kier molecular flexibility index (Phi) is 7.34. The Bertz CT molecular complexity index is 585. The van der Waals surface area contributed by atoms with E-state index in [0.29, 0.717) is 13.1 Å². The highest BCUT2D eigenvalue weighted by molar-refractivity contribution is 5.95. The first-order valence-corrected chi connectivity index (χ1v) is 6.85. The van der Waals surface area contributed by atoms with Crippen LogP contribution in [0.2, 0.25) is 0 Å². The highest BCUT2D eigenvalue weighted by Crippen LogP contribution is 2.04. The van der Waals surface area contributed by atoms with E-state index in [2.05, 4.69) is 56.8 Å². The average Bonchev–Trinajstić information content (AvgIpc) is 2.93. The van der Waals surface area contributed by atoms with Crippen LogP contribution in [0.1, 0.15) is 28.5 Å². The molecule has 0 saturated heterocycles. The number of nitrogens with two attached hydrogens (primary N) is 1. The topological polar surface area (TPSA) is 106 Å². The summed E-state index contributed by atoms with van der Waals surface area (Å²) in [6, 6.07) is 8.45. The molecule has 0 aliphatic carbocycles. The number of halogens is 1. The number of hydrogen-bond acceptors (Lipinski definition) is 6. The van der Waals surface area contributed by atoms with Crippen LogP contribution >= 0.6 is 0 Å². The van der Waals surface area contributed by atoms with Crippen molar-refractivity contribution in [2.75, 3.05) is 18.8 Å². The molecule has 0 atom stereocenters. The normalized spacial score (nSPS) is 10.0. The van der Waals surface area contributed by atoms with Gasteiger partial charge in [0.05, 0.1) is 0 Å². The second-order valence-electron chi connectivity index (χ2n) is 4.60. The minimum Gasteiger partial charge on any atom is -1.00 e. The zero-order valence-electron chi connectivity index (χ0n) is 12.3. The summed E-state index contributed by atoms with van der Waals surface area (Å²) < 4.78 is 4.37. The molecule has 2 aromatic rings. The SMILES string of the molecule is CCc1ccc(CNCCNC(=O)c2nonc2N)cc1.[Cl-]. The van der Waals surface area contributed by atoms with Gasteiger partial charge in [-0.25, -0.2) is 4.63 Å². The van der Waals surface area contributed by atoms with E-state index in [0.717, 1.165) is 13.0 Å². The van der Waals surface area contributed by atoms with Crippen LogP contribution in [0, 0.1) is 0 Å².